The number of benzene rings is 1. The Morgan fingerprint density at radius 1 is 0.828 bits per heavy atom. The van der Waals surface area contributed by atoms with Gasteiger partial charge < -0.3 is 4.74 Å². The maximum Gasteiger partial charge on any atom is 0.126 e. The lowest BCUT2D eigenvalue weighted by atomic mass is 9.85. The van der Waals surface area contributed by atoms with E-state index in [0.29, 0.717) is 0 Å². The molecule has 0 spiro atoms. The Kier molecular flexibility index (Phi) is 9.57. The Balaban J connectivity index is 1.66. The summed E-state index contributed by atoms with van der Waals surface area (Å²) in [6, 6.07) is 4.46. The molecule has 1 aliphatic rings. The third-order valence-electron chi connectivity index (χ3n) is 7.22. The highest BCUT2D eigenvalue weighted by Crippen LogP contribution is 2.39. The summed E-state index contributed by atoms with van der Waals surface area (Å²) in [7, 11) is 0. The van der Waals surface area contributed by atoms with E-state index < -0.39 is 0 Å². The number of aryl methyl sites for hydroxylation is 2. The fourth-order valence-corrected chi connectivity index (χ4v) is 4.96. The normalized spacial score (nSPS) is 21.0. The fraction of sp³-hybridized carbons (Fsp3) is 0.786. The average molecular weight is 401 g/mol. The van der Waals surface area contributed by atoms with Gasteiger partial charge >= 0.3 is 0 Å². The minimum Gasteiger partial charge on any atom is -0.487 e. The maximum atomic E-state index is 6.58. The second kappa shape index (κ2) is 11.4. The molecule has 1 aliphatic heterocycles. The summed E-state index contributed by atoms with van der Waals surface area (Å²) in [5.41, 5.74) is 4.15. The molecule has 3 atom stereocenters. The lowest BCUT2D eigenvalue weighted by Crippen LogP contribution is -2.37. The Morgan fingerprint density at radius 2 is 1.38 bits per heavy atom. The molecule has 1 nitrogen and oxygen atoms in total. The van der Waals surface area contributed by atoms with Crippen molar-refractivity contribution >= 4 is 0 Å². The molecule has 0 saturated carbocycles. The van der Waals surface area contributed by atoms with E-state index in [1.54, 1.807) is 0 Å². The van der Waals surface area contributed by atoms with Crippen molar-refractivity contribution in [2.75, 3.05) is 0 Å². The maximum absolute atomic E-state index is 6.58. The lowest BCUT2D eigenvalue weighted by Gasteiger charge is -2.37. The van der Waals surface area contributed by atoms with E-state index in [2.05, 4.69) is 60.6 Å². The first-order valence-corrected chi connectivity index (χ1v) is 12.5. The van der Waals surface area contributed by atoms with Crippen molar-refractivity contribution in [1.82, 2.24) is 0 Å². The van der Waals surface area contributed by atoms with Crippen LogP contribution in [-0.2, 0) is 6.42 Å². The van der Waals surface area contributed by atoms with Gasteiger partial charge in [-0.2, -0.15) is 0 Å². The van der Waals surface area contributed by atoms with E-state index >= 15 is 0 Å². The summed E-state index contributed by atoms with van der Waals surface area (Å²) in [5, 5.41) is 0. The summed E-state index contributed by atoms with van der Waals surface area (Å²) in [4.78, 5) is 0. The predicted octanol–water partition coefficient (Wildman–Crippen LogP) is 8.83. The van der Waals surface area contributed by atoms with Crippen molar-refractivity contribution in [2.24, 2.45) is 17.8 Å². The summed E-state index contributed by atoms with van der Waals surface area (Å²) >= 11 is 0. The average Bonchev–Trinajstić information content (AvgIpc) is 2.64. The molecule has 0 N–H and O–H groups in total. The second-order valence-electron chi connectivity index (χ2n) is 10.9. The monoisotopic (exact) mass is 400 g/mol. The summed E-state index contributed by atoms with van der Waals surface area (Å²) in [5.74, 6) is 3.79. The SMILES string of the molecule is Cc1ccc(C)c2c1CCC(C)(CCCC(C)CCCC(C)CCCC(C)C)O2. The van der Waals surface area contributed by atoms with Gasteiger partial charge in [-0.15, -0.1) is 0 Å². The molecule has 1 heterocycles. The van der Waals surface area contributed by atoms with Crippen LogP contribution in [0.2, 0.25) is 0 Å². The highest BCUT2D eigenvalue weighted by atomic mass is 16.5. The van der Waals surface area contributed by atoms with Gasteiger partial charge in [0.15, 0.2) is 0 Å². The van der Waals surface area contributed by atoms with Crippen LogP contribution in [-0.4, -0.2) is 5.60 Å². The van der Waals surface area contributed by atoms with Gasteiger partial charge in [-0.05, 0) is 80.9 Å². The predicted molar refractivity (Wildman–Crippen MR) is 128 cm³/mol. The number of rotatable bonds is 12. The van der Waals surface area contributed by atoms with Crippen LogP contribution in [0.3, 0.4) is 0 Å². The molecule has 166 valence electrons. The van der Waals surface area contributed by atoms with E-state index in [0.717, 1.165) is 24.2 Å². The van der Waals surface area contributed by atoms with Gasteiger partial charge in [-0.25, -0.2) is 0 Å². The number of hydrogen-bond acceptors (Lipinski definition) is 1. The number of fused-ring (bicyclic) bond motifs is 1. The Hall–Kier alpha value is -0.980. The van der Waals surface area contributed by atoms with Crippen LogP contribution in [0.5, 0.6) is 5.75 Å². The molecule has 1 aromatic rings. The van der Waals surface area contributed by atoms with E-state index in [1.165, 1.54) is 86.6 Å². The van der Waals surface area contributed by atoms with E-state index in [9.17, 15) is 0 Å². The van der Waals surface area contributed by atoms with Gasteiger partial charge in [0.05, 0.1) is 0 Å². The molecular weight excluding hydrogens is 352 g/mol. The Labute approximate surface area is 182 Å². The molecule has 0 bridgehead atoms. The highest BCUT2D eigenvalue weighted by molar-refractivity contribution is 5.47. The molecular formula is C28H48O. The summed E-state index contributed by atoms with van der Waals surface area (Å²) in [6.45, 7) is 16.3. The van der Waals surface area contributed by atoms with Gasteiger partial charge in [-0.1, -0.05) is 84.8 Å². The van der Waals surface area contributed by atoms with Gasteiger partial charge in [-0.3, -0.25) is 0 Å². The second-order valence-corrected chi connectivity index (χ2v) is 10.9. The molecule has 29 heavy (non-hydrogen) atoms. The number of hydrogen-bond donors (Lipinski definition) is 0. The molecule has 0 saturated heterocycles. The summed E-state index contributed by atoms with van der Waals surface area (Å²) in [6.07, 6.45) is 14.6. The van der Waals surface area contributed by atoms with Crippen LogP contribution in [0.15, 0.2) is 12.1 Å². The van der Waals surface area contributed by atoms with Crippen molar-refractivity contribution in [3.05, 3.63) is 28.8 Å². The first kappa shape index (κ1) is 24.3. The van der Waals surface area contributed by atoms with E-state index in [4.69, 9.17) is 4.74 Å². The van der Waals surface area contributed by atoms with Crippen LogP contribution in [0.4, 0.5) is 0 Å². The first-order chi connectivity index (χ1) is 13.7. The fourth-order valence-electron chi connectivity index (χ4n) is 4.96. The van der Waals surface area contributed by atoms with Crippen molar-refractivity contribution in [1.29, 1.82) is 0 Å². The van der Waals surface area contributed by atoms with Crippen LogP contribution in [0.1, 0.15) is 116 Å². The van der Waals surface area contributed by atoms with E-state index in [1.807, 2.05) is 0 Å². The van der Waals surface area contributed by atoms with Crippen molar-refractivity contribution in [3.63, 3.8) is 0 Å². The minimum atomic E-state index is 0.0240. The van der Waals surface area contributed by atoms with Crippen LogP contribution in [0, 0.1) is 31.6 Å². The van der Waals surface area contributed by atoms with Gasteiger partial charge in [0.25, 0.3) is 0 Å². The Bertz CT molecular complexity index is 617. The molecule has 1 heteroatoms. The zero-order valence-electron chi connectivity index (χ0n) is 20.6. The van der Waals surface area contributed by atoms with Crippen LogP contribution >= 0.6 is 0 Å². The molecule has 0 fully saturated rings. The molecule has 2 rings (SSSR count). The highest BCUT2D eigenvalue weighted by Gasteiger charge is 2.32. The van der Waals surface area contributed by atoms with Gasteiger partial charge in [0.1, 0.15) is 11.4 Å². The van der Waals surface area contributed by atoms with E-state index in [-0.39, 0.29) is 5.60 Å². The third kappa shape index (κ3) is 7.99. The van der Waals surface area contributed by atoms with Crippen molar-refractivity contribution in [2.45, 2.75) is 125 Å². The zero-order chi connectivity index (χ0) is 21.4. The molecule has 0 aromatic heterocycles. The Morgan fingerprint density at radius 3 is 2.00 bits per heavy atom. The smallest absolute Gasteiger partial charge is 0.126 e. The van der Waals surface area contributed by atoms with Crippen LogP contribution in [0.25, 0.3) is 0 Å². The zero-order valence-corrected chi connectivity index (χ0v) is 20.6. The van der Waals surface area contributed by atoms with Crippen LogP contribution < -0.4 is 4.74 Å². The molecule has 0 aliphatic carbocycles. The lowest BCUT2D eigenvalue weighted by molar-refractivity contribution is 0.0514. The van der Waals surface area contributed by atoms with Gasteiger partial charge in [0, 0.05) is 0 Å². The molecule has 0 amide bonds. The minimum absolute atomic E-state index is 0.0240. The quantitative estimate of drug-likeness (QED) is 0.340. The molecule has 1 aromatic carbocycles. The number of ether oxygens (including phenoxy) is 1. The largest absolute Gasteiger partial charge is 0.487 e. The van der Waals surface area contributed by atoms with Gasteiger partial charge in [0.2, 0.25) is 0 Å². The third-order valence-corrected chi connectivity index (χ3v) is 7.22. The van der Waals surface area contributed by atoms with Crippen molar-refractivity contribution in [3.8, 4) is 5.75 Å². The topological polar surface area (TPSA) is 9.23 Å². The molecule has 0 radical (unpaired) electrons. The first-order valence-electron chi connectivity index (χ1n) is 12.5. The van der Waals surface area contributed by atoms with Crippen molar-refractivity contribution < 1.29 is 4.74 Å². The standard InChI is InChI=1S/C28H48O/c1-21(2)11-8-12-22(3)13-9-14-23(4)15-10-19-28(7)20-18-26-24(5)16-17-25(6)27(26)29-28/h16-17,21-23H,8-15,18-20H2,1-7H3. The molecule has 3 unspecified atom stereocenters. The summed E-state index contributed by atoms with van der Waals surface area (Å²) < 4.78 is 6.58.